The fourth-order valence-electron chi connectivity index (χ4n) is 3.57. The van der Waals surface area contributed by atoms with Crippen molar-refractivity contribution in [3.05, 3.63) is 12.2 Å². The SMILES string of the molecule is CCCCC(=O)C=CC1CCC(O)C1CCCCCCCC(=O)O. The van der Waals surface area contributed by atoms with E-state index in [1.54, 1.807) is 6.08 Å². The summed E-state index contributed by atoms with van der Waals surface area (Å²) in [6.45, 7) is 2.09. The molecule has 0 heterocycles. The Morgan fingerprint density at radius 1 is 1.00 bits per heavy atom. The first-order chi connectivity index (χ1) is 11.5. The van der Waals surface area contributed by atoms with Crippen LogP contribution in [0.1, 0.15) is 84.0 Å². The number of carbonyl (C=O) groups excluding carboxylic acids is 1. The summed E-state index contributed by atoms with van der Waals surface area (Å²) in [5.74, 6) is 0.0967. The van der Waals surface area contributed by atoms with Gasteiger partial charge in [0.15, 0.2) is 5.78 Å². The second-order valence-corrected chi connectivity index (χ2v) is 7.10. The Labute approximate surface area is 146 Å². The smallest absolute Gasteiger partial charge is 0.303 e. The van der Waals surface area contributed by atoms with E-state index in [9.17, 15) is 14.7 Å². The van der Waals surface area contributed by atoms with Crippen LogP contribution in [0.3, 0.4) is 0 Å². The summed E-state index contributed by atoms with van der Waals surface area (Å²) in [4.78, 5) is 22.2. The molecule has 0 spiro atoms. The molecule has 1 aliphatic rings. The second-order valence-electron chi connectivity index (χ2n) is 7.10. The Hall–Kier alpha value is -1.16. The van der Waals surface area contributed by atoms with E-state index in [0.29, 0.717) is 12.3 Å². The van der Waals surface area contributed by atoms with Crippen LogP contribution in [0.2, 0.25) is 0 Å². The molecule has 1 fully saturated rings. The number of aliphatic hydroxyl groups is 1. The molecular formula is C20H34O4. The number of rotatable bonds is 13. The normalized spacial score (nSPS) is 23.8. The third-order valence-electron chi connectivity index (χ3n) is 5.07. The van der Waals surface area contributed by atoms with Crippen LogP contribution >= 0.6 is 0 Å². The van der Waals surface area contributed by atoms with E-state index in [-0.39, 0.29) is 24.2 Å². The molecule has 138 valence electrons. The monoisotopic (exact) mass is 338 g/mol. The Bertz CT molecular complexity index is 402. The molecule has 4 heteroatoms. The summed E-state index contributed by atoms with van der Waals surface area (Å²) < 4.78 is 0. The Morgan fingerprint density at radius 2 is 1.71 bits per heavy atom. The maximum absolute atomic E-state index is 11.8. The molecule has 0 aliphatic heterocycles. The van der Waals surface area contributed by atoms with Crippen molar-refractivity contribution in [3.8, 4) is 0 Å². The summed E-state index contributed by atoms with van der Waals surface area (Å²) in [5.41, 5.74) is 0. The Morgan fingerprint density at radius 3 is 2.42 bits per heavy atom. The van der Waals surface area contributed by atoms with Crippen molar-refractivity contribution in [3.63, 3.8) is 0 Å². The van der Waals surface area contributed by atoms with Gasteiger partial charge in [-0.2, -0.15) is 0 Å². The van der Waals surface area contributed by atoms with Gasteiger partial charge in [0, 0.05) is 12.8 Å². The number of unbranched alkanes of at least 4 members (excludes halogenated alkanes) is 5. The van der Waals surface area contributed by atoms with E-state index >= 15 is 0 Å². The number of carboxylic acid groups (broad SMARTS) is 1. The summed E-state index contributed by atoms with van der Waals surface area (Å²) in [7, 11) is 0. The fraction of sp³-hybridized carbons (Fsp3) is 0.800. The molecule has 1 saturated carbocycles. The van der Waals surface area contributed by atoms with Gasteiger partial charge in [0.25, 0.3) is 0 Å². The van der Waals surface area contributed by atoms with Gasteiger partial charge >= 0.3 is 5.97 Å². The summed E-state index contributed by atoms with van der Waals surface area (Å²) in [6.07, 6.45) is 14.2. The molecule has 24 heavy (non-hydrogen) atoms. The van der Waals surface area contributed by atoms with E-state index < -0.39 is 5.97 Å². The molecule has 0 aromatic heterocycles. The van der Waals surface area contributed by atoms with Crippen LogP contribution < -0.4 is 0 Å². The topological polar surface area (TPSA) is 74.6 Å². The average Bonchev–Trinajstić information content (AvgIpc) is 2.90. The summed E-state index contributed by atoms with van der Waals surface area (Å²) in [6, 6.07) is 0. The van der Waals surface area contributed by atoms with E-state index in [4.69, 9.17) is 5.11 Å². The maximum atomic E-state index is 11.8. The van der Waals surface area contributed by atoms with Crippen LogP contribution in [-0.4, -0.2) is 28.1 Å². The molecule has 3 atom stereocenters. The van der Waals surface area contributed by atoms with Crippen LogP contribution in [0.4, 0.5) is 0 Å². The van der Waals surface area contributed by atoms with Crippen LogP contribution in [0, 0.1) is 11.8 Å². The first-order valence-electron chi connectivity index (χ1n) is 9.65. The molecule has 0 amide bonds. The number of carboxylic acids is 1. The fourth-order valence-corrected chi connectivity index (χ4v) is 3.57. The van der Waals surface area contributed by atoms with E-state index in [0.717, 1.165) is 64.2 Å². The van der Waals surface area contributed by atoms with Crippen LogP contribution in [0.25, 0.3) is 0 Å². The molecule has 1 aliphatic carbocycles. The lowest BCUT2D eigenvalue weighted by molar-refractivity contribution is -0.137. The number of ketones is 1. The first-order valence-corrected chi connectivity index (χ1v) is 9.65. The quantitative estimate of drug-likeness (QED) is 0.383. The lowest BCUT2D eigenvalue weighted by Crippen LogP contribution is -2.18. The third-order valence-corrected chi connectivity index (χ3v) is 5.07. The van der Waals surface area contributed by atoms with Crippen molar-refractivity contribution >= 4 is 11.8 Å². The Kier molecular flexibility index (Phi) is 10.6. The molecule has 0 saturated heterocycles. The molecule has 2 N–H and O–H groups in total. The number of allylic oxidation sites excluding steroid dienone is 2. The highest BCUT2D eigenvalue weighted by Gasteiger charge is 2.32. The number of carbonyl (C=O) groups is 2. The zero-order valence-corrected chi connectivity index (χ0v) is 15.1. The predicted molar refractivity (Wildman–Crippen MR) is 95.8 cm³/mol. The van der Waals surface area contributed by atoms with Gasteiger partial charge in [0.1, 0.15) is 0 Å². The van der Waals surface area contributed by atoms with Gasteiger partial charge in [0.05, 0.1) is 6.10 Å². The van der Waals surface area contributed by atoms with Crippen LogP contribution in [-0.2, 0) is 9.59 Å². The molecule has 0 aromatic rings. The van der Waals surface area contributed by atoms with E-state index in [2.05, 4.69) is 6.92 Å². The Balaban J connectivity index is 2.24. The zero-order chi connectivity index (χ0) is 17.8. The van der Waals surface area contributed by atoms with Gasteiger partial charge in [-0.25, -0.2) is 0 Å². The van der Waals surface area contributed by atoms with Gasteiger partial charge in [-0.1, -0.05) is 45.1 Å². The van der Waals surface area contributed by atoms with E-state index in [1.807, 2.05) is 6.08 Å². The van der Waals surface area contributed by atoms with Gasteiger partial charge in [0.2, 0.25) is 0 Å². The van der Waals surface area contributed by atoms with E-state index in [1.165, 1.54) is 0 Å². The maximum Gasteiger partial charge on any atom is 0.303 e. The van der Waals surface area contributed by atoms with Gasteiger partial charge in [-0.15, -0.1) is 0 Å². The minimum atomic E-state index is -0.716. The van der Waals surface area contributed by atoms with Crippen LogP contribution in [0.5, 0.6) is 0 Å². The highest BCUT2D eigenvalue weighted by Crippen LogP contribution is 2.36. The largest absolute Gasteiger partial charge is 0.481 e. The van der Waals surface area contributed by atoms with Crippen LogP contribution in [0.15, 0.2) is 12.2 Å². The number of hydrogen-bond donors (Lipinski definition) is 2. The summed E-state index contributed by atoms with van der Waals surface area (Å²) in [5, 5.41) is 18.8. The number of aliphatic hydroxyl groups excluding tert-OH is 1. The highest BCUT2D eigenvalue weighted by atomic mass is 16.4. The van der Waals surface area contributed by atoms with Crippen molar-refractivity contribution < 1.29 is 19.8 Å². The number of aliphatic carboxylic acids is 1. The second kappa shape index (κ2) is 12.2. The standard InChI is InChI=1S/C20H34O4/c1-2-3-9-17(21)14-12-16-13-15-19(22)18(16)10-7-5-4-6-8-11-20(23)24/h12,14,16,18-19,22H,2-11,13,15H2,1H3,(H,23,24). The number of hydrogen-bond acceptors (Lipinski definition) is 3. The van der Waals surface area contributed by atoms with Gasteiger partial charge in [-0.05, 0) is 50.0 Å². The highest BCUT2D eigenvalue weighted by molar-refractivity contribution is 5.89. The van der Waals surface area contributed by atoms with Gasteiger partial charge in [-0.3, -0.25) is 9.59 Å². The lowest BCUT2D eigenvalue weighted by Gasteiger charge is -2.19. The van der Waals surface area contributed by atoms with Crippen molar-refractivity contribution in [1.29, 1.82) is 0 Å². The third kappa shape index (κ3) is 8.62. The van der Waals surface area contributed by atoms with Crippen molar-refractivity contribution in [2.45, 2.75) is 90.1 Å². The van der Waals surface area contributed by atoms with Crippen molar-refractivity contribution in [1.82, 2.24) is 0 Å². The molecule has 0 aromatic carbocycles. The van der Waals surface area contributed by atoms with Crippen molar-refractivity contribution in [2.75, 3.05) is 0 Å². The molecule has 0 bridgehead atoms. The molecule has 4 nitrogen and oxygen atoms in total. The molecular weight excluding hydrogens is 304 g/mol. The molecule has 0 radical (unpaired) electrons. The van der Waals surface area contributed by atoms with Gasteiger partial charge < -0.3 is 10.2 Å². The van der Waals surface area contributed by atoms with Crippen molar-refractivity contribution in [2.24, 2.45) is 11.8 Å². The first kappa shape index (κ1) is 20.9. The molecule has 1 rings (SSSR count). The minimum Gasteiger partial charge on any atom is -0.481 e. The predicted octanol–water partition coefficient (Wildman–Crippen LogP) is 4.50. The lowest BCUT2D eigenvalue weighted by atomic mass is 9.88. The zero-order valence-electron chi connectivity index (χ0n) is 15.1. The average molecular weight is 338 g/mol. The molecule has 3 unspecified atom stereocenters. The minimum absolute atomic E-state index is 0.204. The summed E-state index contributed by atoms with van der Waals surface area (Å²) >= 11 is 0.